The third-order valence-corrected chi connectivity index (χ3v) is 2.67. The fraction of sp³-hybridized carbons (Fsp3) is 0.0714. The molecule has 0 aliphatic heterocycles. The Morgan fingerprint density at radius 1 is 1.00 bits per heavy atom. The maximum atomic E-state index is 11.0. The minimum atomic E-state index is -0.410. The van der Waals surface area contributed by atoms with Crippen molar-refractivity contribution in [3.8, 4) is 11.1 Å². The fourth-order valence-electron chi connectivity index (χ4n) is 1.70. The molecule has 3 nitrogen and oxygen atoms in total. The second kappa shape index (κ2) is 4.80. The monoisotopic (exact) mass is 226 g/mol. The van der Waals surface area contributed by atoms with Gasteiger partial charge in [0.2, 0.25) is 5.91 Å². The van der Waals surface area contributed by atoms with Gasteiger partial charge in [0.05, 0.1) is 0 Å². The van der Waals surface area contributed by atoms with Crippen molar-refractivity contribution in [2.24, 2.45) is 11.5 Å². The highest BCUT2D eigenvalue weighted by molar-refractivity contribution is 5.93. The summed E-state index contributed by atoms with van der Waals surface area (Å²) in [6, 6.07) is 15.2. The summed E-state index contributed by atoms with van der Waals surface area (Å²) in [5, 5.41) is 0. The number of amides is 1. The van der Waals surface area contributed by atoms with Crippen molar-refractivity contribution in [1.82, 2.24) is 0 Å². The molecule has 1 amide bonds. The van der Waals surface area contributed by atoms with Gasteiger partial charge in [0.1, 0.15) is 0 Å². The molecule has 4 N–H and O–H groups in total. The number of primary amides is 1. The molecule has 0 aliphatic rings. The lowest BCUT2D eigenvalue weighted by Crippen LogP contribution is -2.10. The van der Waals surface area contributed by atoms with Crippen LogP contribution in [0.2, 0.25) is 0 Å². The Hall–Kier alpha value is -2.13. The van der Waals surface area contributed by atoms with Gasteiger partial charge in [-0.05, 0) is 34.9 Å². The fourth-order valence-corrected chi connectivity index (χ4v) is 1.70. The van der Waals surface area contributed by atoms with Crippen LogP contribution in [0.25, 0.3) is 11.1 Å². The first kappa shape index (κ1) is 11.4. The Morgan fingerprint density at radius 3 is 2.29 bits per heavy atom. The maximum absolute atomic E-state index is 11.0. The van der Waals surface area contributed by atoms with Crippen LogP contribution in [0.4, 0.5) is 0 Å². The number of carbonyl (C=O) groups excluding carboxylic acids is 1. The van der Waals surface area contributed by atoms with Gasteiger partial charge in [-0.2, -0.15) is 0 Å². The summed E-state index contributed by atoms with van der Waals surface area (Å²) in [6.07, 6.45) is 0. The number of nitrogens with two attached hydrogens (primary N) is 2. The third kappa shape index (κ3) is 2.52. The summed E-state index contributed by atoms with van der Waals surface area (Å²) in [5.74, 6) is -0.410. The molecule has 2 rings (SSSR count). The standard InChI is InChI=1S/C14H14N2O/c15-9-10-2-1-3-13(8-10)11-4-6-12(7-5-11)14(16)17/h1-8H,9,15H2,(H2,16,17). The predicted molar refractivity (Wildman–Crippen MR) is 68.3 cm³/mol. The molecule has 0 radical (unpaired) electrons. The average molecular weight is 226 g/mol. The van der Waals surface area contributed by atoms with Gasteiger partial charge >= 0.3 is 0 Å². The van der Waals surface area contributed by atoms with Gasteiger partial charge in [-0.25, -0.2) is 0 Å². The molecular weight excluding hydrogens is 212 g/mol. The van der Waals surface area contributed by atoms with Crippen molar-refractivity contribution in [2.45, 2.75) is 6.54 Å². The van der Waals surface area contributed by atoms with Gasteiger partial charge in [-0.3, -0.25) is 4.79 Å². The van der Waals surface area contributed by atoms with Crippen LogP contribution in [0, 0.1) is 0 Å². The molecule has 0 aromatic heterocycles. The molecule has 2 aromatic carbocycles. The van der Waals surface area contributed by atoms with Crippen LogP contribution < -0.4 is 11.5 Å². The van der Waals surface area contributed by atoms with Crippen LogP contribution in [0.3, 0.4) is 0 Å². The summed E-state index contributed by atoms with van der Waals surface area (Å²) in [4.78, 5) is 11.0. The number of carbonyl (C=O) groups is 1. The Labute approximate surface area is 100 Å². The second-order valence-corrected chi connectivity index (χ2v) is 3.85. The highest BCUT2D eigenvalue weighted by Gasteiger charge is 2.02. The van der Waals surface area contributed by atoms with Crippen molar-refractivity contribution in [2.75, 3.05) is 0 Å². The van der Waals surface area contributed by atoms with Gasteiger partial charge in [-0.15, -0.1) is 0 Å². The molecule has 3 heteroatoms. The molecule has 0 bridgehead atoms. The van der Waals surface area contributed by atoms with E-state index in [-0.39, 0.29) is 0 Å². The van der Waals surface area contributed by atoms with Crippen LogP contribution in [-0.2, 0) is 6.54 Å². The Morgan fingerprint density at radius 2 is 1.71 bits per heavy atom. The number of hydrogen-bond acceptors (Lipinski definition) is 2. The van der Waals surface area contributed by atoms with Crippen molar-refractivity contribution >= 4 is 5.91 Å². The first-order valence-electron chi connectivity index (χ1n) is 5.40. The maximum Gasteiger partial charge on any atom is 0.248 e. The second-order valence-electron chi connectivity index (χ2n) is 3.85. The summed E-state index contributed by atoms with van der Waals surface area (Å²) < 4.78 is 0. The third-order valence-electron chi connectivity index (χ3n) is 2.67. The zero-order chi connectivity index (χ0) is 12.3. The van der Waals surface area contributed by atoms with E-state index < -0.39 is 5.91 Å². The van der Waals surface area contributed by atoms with Gasteiger partial charge in [0.25, 0.3) is 0 Å². The van der Waals surface area contributed by atoms with Gasteiger partial charge < -0.3 is 11.5 Å². The molecule has 0 atom stereocenters. The molecule has 0 saturated heterocycles. The highest BCUT2D eigenvalue weighted by Crippen LogP contribution is 2.20. The SMILES string of the molecule is NCc1cccc(-c2ccc(C(N)=O)cc2)c1. The molecule has 2 aromatic rings. The van der Waals surface area contributed by atoms with Crippen LogP contribution in [0.15, 0.2) is 48.5 Å². The Balaban J connectivity index is 2.36. The summed E-state index contributed by atoms with van der Waals surface area (Å²) >= 11 is 0. The van der Waals surface area contributed by atoms with Gasteiger partial charge in [-0.1, -0.05) is 30.3 Å². The lowest BCUT2D eigenvalue weighted by molar-refractivity contribution is 0.100. The Kier molecular flexibility index (Phi) is 3.21. The number of hydrogen-bond donors (Lipinski definition) is 2. The zero-order valence-corrected chi connectivity index (χ0v) is 9.39. The van der Waals surface area contributed by atoms with E-state index in [9.17, 15) is 4.79 Å². The Bertz CT molecular complexity index is 532. The van der Waals surface area contributed by atoms with E-state index in [4.69, 9.17) is 11.5 Å². The predicted octanol–water partition coefficient (Wildman–Crippen LogP) is 1.91. The van der Waals surface area contributed by atoms with Gasteiger partial charge in [0.15, 0.2) is 0 Å². The molecule has 0 heterocycles. The van der Waals surface area contributed by atoms with E-state index >= 15 is 0 Å². The summed E-state index contributed by atoms with van der Waals surface area (Å²) in [7, 11) is 0. The molecule has 0 aliphatic carbocycles. The smallest absolute Gasteiger partial charge is 0.248 e. The van der Waals surface area contributed by atoms with E-state index in [1.54, 1.807) is 12.1 Å². The van der Waals surface area contributed by atoms with Crippen LogP contribution in [0.1, 0.15) is 15.9 Å². The molecule has 0 unspecified atom stereocenters. The molecule has 0 spiro atoms. The normalized spacial score (nSPS) is 10.2. The minimum Gasteiger partial charge on any atom is -0.366 e. The summed E-state index contributed by atoms with van der Waals surface area (Å²) in [5.41, 5.74) is 14.5. The zero-order valence-electron chi connectivity index (χ0n) is 9.39. The minimum absolute atomic E-state index is 0.410. The molecular formula is C14H14N2O. The molecule has 86 valence electrons. The largest absolute Gasteiger partial charge is 0.366 e. The first-order valence-corrected chi connectivity index (χ1v) is 5.40. The van der Waals surface area contributed by atoms with E-state index in [1.807, 2.05) is 36.4 Å². The first-order chi connectivity index (χ1) is 8.20. The van der Waals surface area contributed by atoms with Crippen LogP contribution >= 0.6 is 0 Å². The van der Waals surface area contributed by atoms with Crippen molar-refractivity contribution < 1.29 is 4.79 Å². The van der Waals surface area contributed by atoms with Crippen molar-refractivity contribution in [3.63, 3.8) is 0 Å². The van der Waals surface area contributed by atoms with E-state index in [2.05, 4.69) is 0 Å². The van der Waals surface area contributed by atoms with Gasteiger partial charge in [0, 0.05) is 12.1 Å². The number of rotatable bonds is 3. The quantitative estimate of drug-likeness (QED) is 0.839. The summed E-state index contributed by atoms with van der Waals surface area (Å²) in [6.45, 7) is 0.521. The molecule has 0 fully saturated rings. The van der Waals surface area contributed by atoms with E-state index in [1.165, 1.54) is 0 Å². The van der Waals surface area contributed by atoms with Crippen LogP contribution in [0.5, 0.6) is 0 Å². The lowest BCUT2D eigenvalue weighted by atomic mass is 10.0. The number of benzene rings is 2. The van der Waals surface area contributed by atoms with Crippen molar-refractivity contribution in [1.29, 1.82) is 0 Å². The van der Waals surface area contributed by atoms with Crippen LogP contribution in [-0.4, -0.2) is 5.91 Å². The van der Waals surface area contributed by atoms with Crippen molar-refractivity contribution in [3.05, 3.63) is 59.7 Å². The topological polar surface area (TPSA) is 69.1 Å². The van der Waals surface area contributed by atoms with E-state index in [0.29, 0.717) is 12.1 Å². The molecule has 17 heavy (non-hydrogen) atoms. The highest BCUT2D eigenvalue weighted by atomic mass is 16.1. The lowest BCUT2D eigenvalue weighted by Gasteiger charge is -2.04. The average Bonchev–Trinajstić information content (AvgIpc) is 2.39. The van der Waals surface area contributed by atoms with E-state index in [0.717, 1.165) is 16.7 Å². The molecule has 0 saturated carbocycles.